The number of para-hydroxylation sites is 1. The first-order valence-electron chi connectivity index (χ1n) is 8.96. The van der Waals surface area contributed by atoms with Crippen molar-refractivity contribution in [1.82, 2.24) is 4.90 Å². The van der Waals surface area contributed by atoms with Gasteiger partial charge in [0.25, 0.3) is 5.91 Å². The minimum atomic E-state index is -0.215. The zero-order valence-corrected chi connectivity index (χ0v) is 16.6. The summed E-state index contributed by atoms with van der Waals surface area (Å²) in [5, 5.41) is 2.98. The number of nitrogens with one attached hydrogen (secondary N) is 1. The Balaban J connectivity index is 2.34. The van der Waals surface area contributed by atoms with Crippen molar-refractivity contribution >= 4 is 29.7 Å². The molecule has 5 nitrogen and oxygen atoms in total. The Bertz CT molecular complexity index is 857. The fourth-order valence-corrected chi connectivity index (χ4v) is 2.53. The molecule has 1 N–H and O–H groups in total. The van der Waals surface area contributed by atoms with Gasteiger partial charge in [0.1, 0.15) is 5.75 Å². The predicted molar refractivity (Wildman–Crippen MR) is 113 cm³/mol. The number of allylic oxidation sites excluding steroid dienone is 1. The molecular formula is C22H27N3O2. The molecule has 0 saturated heterocycles. The number of aliphatic imine (C=N–C) groups is 1. The summed E-state index contributed by atoms with van der Waals surface area (Å²) in [4.78, 5) is 19.3. The lowest BCUT2D eigenvalue weighted by Gasteiger charge is -2.14. The molecule has 2 rings (SSSR count). The van der Waals surface area contributed by atoms with Crippen LogP contribution in [-0.2, 0) is 0 Å². The highest BCUT2D eigenvalue weighted by atomic mass is 16.5. The number of benzene rings is 2. The maximum Gasteiger partial charge on any atom is 0.259 e. The van der Waals surface area contributed by atoms with Crippen molar-refractivity contribution in [2.75, 3.05) is 26.0 Å². The molecule has 142 valence electrons. The van der Waals surface area contributed by atoms with E-state index in [0.29, 0.717) is 11.3 Å². The topological polar surface area (TPSA) is 53.9 Å². The Morgan fingerprint density at radius 2 is 2.04 bits per heavy atom. The number of aryl methyl sites for hydroxylation is 1. The van der Waals surface area contributed by atoms with E-state index in [4.69, 9.17) is 4.74 Å². The minimum Gasteiger partial charge on any atom is -0.496 e. The Hall–Kier alpha value is -3.08. The predicted octanol–water partition coefficient (Wildman–Crippen LogP) is 4.90. The molecule has 0 heterocycles. The number of methoxy groups -OCH3 is 1. The summed E-state index contributed by atoms with van der Waals surface area (Å²) in [6, 6.07) is 11.3. The first-order chi connectivity index (χ1) is 13.0. The maximum atomic E-state index is 12.9. The first-order valence-corrected chi connectivity index (χ1v) is 8.96. The molecule has 0 saturated carbocycles. The number of nitrogens with zero attached hydrogens (tertiary/aromatic N) is 2. The molecule has 0 radical (unpaired) electrons. The van der Waals surface area contributed by atoms with E-state index in [9.17, 15) is 4.79 Å². The van der Waals surface area contributed by atoms with E-state index in [1.165, 1.54) is 0 Å². The highest BCUT2D eigenvalue weighted by molar-refractivity contribution is 6.07. The summed E-state index contributed by atoms with van der Waals surface area (Å²) in [5.74, 6) is 0.279. The van der Waals surface area contributed by atoms with Crippen LogP contribution >= 0.6 is 0 Å². The Morgan fingerprint density at radius 1 is 1.30 bits per heavy atom. The second-order valence-electron chi connectivity index (χ2n) is 6.20. The number of ether oxygens (including phenoxy) is 1. The summed E-state index contributed by atoms with van der Waals surface area (Å²) in [6.07, 6.45) is 5.67. The van der Waals surface area contributed by atoms with E-state index in [2.05, 4.69) is 17.2 Å². The van der Waals surface area contributed by atoms with E-state index in [0.717, 1.165) is 29.0 Å². The summed E-state index contributed by atoms with van der Waals surface area (Å²) in [7, 11) is 3.51. The van der Waals surface area contributed by atoms with Crippen molar-refractivity contribution in [3.8, 4) is 5.75 Å². The molecule has 1 amide bonds. The molecule has 27 heavy (non-hydrogen) atoms. The maximum absolute atomic E-state index is 12.9. The Labute approximate surface area is 161 Å². The number of rotatable bonds is 7. The van der Waals surface area contributed by atoms with Gasteiger partial charge >= 0.3 is 0 Å². The molecule has 0 fully saturated rings. The summed E-state index contributed by atoms with van der Waals surface area (Å²) in [6.45, 7) is 6.80. The number of anilines is 1. The van der Waals surface area contributed by atoms with Crippen molar-refractivity contribution in [3.05, 3.63) is 59.2 Å². The quantitative estimate of drug-likeness (QED) is 0.561. The average molecular weight is 365 g/mol. The van der Waals surface area contributed by atoms with Crippen molar-refractivity contribution in [1.29, 1.82) is 0 Å². The van der Waals surface area contributed by atoms with Crippen LogP contribution in [0.3, 0.4) is 0 Å². The zero-order chi connectivity index (χ0) is 19.8. The van der Waals surface area contributed by atoms with E-state index in [1.54, 1.807) is 19.5 Å². The Morgan fingerprint density at radius 3 is 2.70 bits per heavy atom. The molecular weight excluding hydrogens is 338 g/mol. The molecule has 0 spiro atoms. The van der Waals surface area contributed by atoms with Gasteiger partial charge in [0.2, 0.25) is 0 Å². The van der Waals surface area contributed by atoms with Crippen LogP contribution in [0.4, 0.5) is 11.4 Å². The molecule has 0 unspecified atom stereocenters. The van der Waals surface area contributed by atoms with Gasteiger partial charge in [-0.25, -0.2) is 4.99 Å². The average Bonchev–Trinajstić information content (AvgIpc) is 2.68. The molecule has 0 aliphatic carbocycles. The van der Waals surface area contributed by atoms with Crippen LogP contribution in [0.5, 0.6) is 5.75 Å². The zero-order valence-electron chi connectivity index (χ0n) is 16.6. The highest BCUT2D eigenvalue weighted by Gasteiger charge is 2.16. The molecule has 5 heteroatoms. The number of carbonyl (C=O) groups is 1. The van der Waals surface area contributed by atoms with Gasteiger partial charge in [-0.05, 0) is 44.0 Å². The van der Waals surface area contributed by atoms with Gasteiger partial charge in [-0.2, -0.15) is 0 Å². The smallest absolute Gasteiger partial charge is 0.259 e. The van der Waals surface area contributed by atoms with Crippen LogP contribution in [0.1, 0.15) is 35.3 Å². The first kappa shape index (κ1) is 20.2. The third-order valence-electron chi connectivity index (χ3n) is 4.21. The highest BCUT2D eigenvalue weighted by Crippen LogP contribution is 2.30. The van der Waals surface area contributed by atoms with Gasteiger partial charge in [-0.1, -0.05) is 30.4 Å². The molecule has 0 aliphatic heterocycles. The van der Waals surface area contributed by atoms with E-state index in [-0.39, 0.29) is 5.91 Å². The fourth-order valence-electron chi connectivity index (χ4n) is 2.53. The van der Waals surface area contributed by atoms with Gasteiger partial charge in [0, 0.05) is 25.3 Å². The Kier molecular flexibility index (Phi) is 7.17. The standard InChI is InChI=1S/C22H27N3O2/c1-6-10-17-11-8-9-12-19(17)24-22(26)18-13-16(3)20(14-21(18)27-5)23-15-25(4)7-2/h6,8-15H,7H2,1-5H3,(H,24,26)/b10-6-,23-15+. The fraction of sp³-hybridized carbons (Fsp3) is 0.273. The van der Waals surface area contributed by atoms with Crippen LogP contribution in [0.2, 0.25) is 0 Å². The van der Waals surface area contributed by atoms with Gasteiger partial charge in [0.05, 0.1) is 24.7 Å². The molecule has 0 atom stereocenters. The van der Waals surface area contributed by atoms with Crippen molar-refractivity contribution < 1.29 is 9.53 Å². The van der Waals surface area contributed by atoms with Crippen molar-refractivity contribution in [3.63, 3.8) is 0 Å². The molecule has 0 aromatic heterocycles. The minimum absolute atomic E-state index is 0.215. The number of hydrogen-bond acceptors (Lipinski definition) is 3. The van der Waals surface area contributed by atoms with Crippen molar-refractivity contribution in [2.45, 2.75) is 20.8 Å². The van der Waals surface area contributed by atoms with Crippen LogP contribution in [-0.4, -0.2) is 37.8 Å². The van der Waals surface area contributed by atoms with E-state index >= 15 is 0 Å². The van der Waals surface area contributed by atoms with E-state index < -0.39 is 0 Å². The third kappa shape index (κ3) is 5.20. The van der Waals surface area contributed by atoms with Gasteiger partial charge in [-0.15, -0.1) is 0 Å². The van der Waals surface area contributed by atoms with Crippen LogP contribution < -0.4 is 10.1 Å². The van der Waals surface area contributed by atoms with E-state index in [1.807, 2.05) is 68.3 Å². The van der Waals surface area contributed by atoms with Crippen LogP contribution in [0.15, 0.2) is 47.5 Å². The molecule has 2 aromatic rings. The van der Waals surface area contributed by atoms with Crippen LogP contribution in [0.25, 0.3) is 6.08 Å². The van der Waals surface area contributed by atoms with Gasteiger partial charge < -0.3 is 15.0 Å². The second-order valence-corrected chi connectivity index (χ2v) is 6.20. The summed E-state index contributed by atoms with van der Waals surface area (Å²) in [5.41, 5.74) is 3.87. The molecule has 0 aliphatic rings. The lowest BCUT2D eigenvalue weighted by atomic mass is 10.1. The van der Waals surface area contributed by atoms with Gasteiger partial charge in [-0.3, -0.25) is 4.79 Å². The normalized spacial score (nSPS) is 11.1. The van der Waals surface area contributed by atoms with Gasteiger partial charge in [0.15, 0.2) is 0 Å². The third-order valence-corrected chi connectivity index (χ3v) is 4.21. The monoisotopic (exact) mass is 365 g/mol. The number of amides is 1. The molecule has 2 aromatic carbocycles. The summed E-state index contributed by atoms with van der Waals surface area (Å²) >= 11 is 0. The number of hydrogen-bond donors (Lipinski definition) is 1. The molecule has 0 bridgehead atoms. The number of carbonyl (C=O) groups excluding carboxylic acids is 1. The largest absolute Gasteiger partial charge is 0.496 e. The van der Waals surface area contributed by atoms with Crippen LogP contribution in [0, 0.1) is 6.92 Å². The second kappa shape index (κ2) is 9.57. The lowest BCUT2D eigenvalue weighted by Crippen LogP contribution is -2.15. The van der Waals surface area contributed by atoms with Crippen molar-refractivity contribution in [2.24, 2.45) is 4.99 Å². The summed E-state index contributed by atoms with van der Waals surface area (Å²) < 4.78 is 5.45. The SMILES string of the molecule is C/C=C\c1ccccc1NC(=O)c1cc(C)c(/N=C/N(C)CC)cc1OC. The lowest BCUT2D eigenvalue weighted by molar-refractivity contribution is 0.102.